The maximum Gasteiger partial charge on any atom is 0.387 e. The molecular weight excluding hydrogens is 394 g/mol. The van der Waals surface area contributed by atoms with Gasteiger partial charge in [-0.15, -0.1) is 0 Å². The average Bonchev–Trinajstić information content (AvgIpc) is 2.64. The molecule has 1 amide bonds. The molecule has 0 bridgehead atoms. The Labute approximate surface area is 161 Å². The highest BCUT2D eigenvalue weighted by atomic mass is 32.2. The largest absolute Gasteiger partial charge is 0.493 e. The molecule has 7 nitrogen and oxygen atoms in total. The van der Waals surface area contributed by atoms with E-state index >= 15 is 0 Å². The van der Waals surface area contributed by atoms with Gasteiger partial charge in [-0.05, 0) is 41.8 Å². The molecule has 0 aliphatic rings. The van der Waals surface area contributed by atoms with Crippen molar-refractivity contribution in [1.29, 1.82) is 0 Å². The molecule has 2 rings (SSSR count). The van der Waals surface area contributed by atoms with Crippen molar-refractivity contribution in [3.8, 4) is 11.5 Å². The van der Waals surface area contributed by atoms with Gasteiger partial charge in [0.2, 0.25) is 15.9 Å². The summed E-state index contributed by atoms with van der Waals surface area (Å²) in [7, 11) is -2.42. The summed E-state index contributed by atoms with van der Waals surface area (Å²) in [6, 6.07) is 10.4. The van der Waals surface area contributed by atoms with Crippen molar-refractivity contribution in [2.45, 2.75) is 30.9 Å². The lowest BCUT2D eigenvalue weighted by Crippen LogP contribution is -2.23. The number of nitrogens with two attached hydrogens (primary N) is 1. The fourth-order valence-corrected chi connectivity index (χ4v) is 2.92. The van der Waals surface area contributed by atoms with Gasteiger partial charge < -0.3 is 14.8 Å². The number of benzene rings is 2. The Balaban J connectivity index is 1.87. The number of amides is 1. The second-order valence-electron chi connectivity index (χ2n) is 5.83. The lowest BCUT2D eigenvalue weighted by Gasteiger charge is -2.12. The van der Waals surface area contributed by atoms with Gasteiger partial charge in [0, 0.05) is 13.0 Å². The number of aryl methyl sites for hydroxylation is 1. The van der Waals surface area contributed by atoms with E-state index in [4.69, 9.17) is 9.88 Å². The third-order valence-electron chi connectivity index (χ3n) is 3.83. The summed E-state index contributed by atoms with van der Waals surface area (Å²) in [5, 5.41) is 7.75. The average molecular weight is 414 g/mol. The first kappa shape index (κ1) is 21.6. The Hall–Kier alpha value is -2.72. The second kappa shape index (κ2) is 9.47. The molecule has 2 aromatic rings. The van der Waals surface area contributed by atoms with Gasteiger partial charge in [0.1, 0.15) is 0 Å². The number of carbonyl (C=O) groups excluding carboxylic acids is 1. The highest BCUT2D eigenvalue weighted by Crippen LogP contribution is 2.29. The fraction of sp³-hybridized carbons (Fsp3) is 0.278. The van der Waals surface area contributed by atoms with Crippen LogP contribution >= 0.6 is 0 Å². The number of nitrogens with one attached hydrogen (secondary N) is 1. The Morgan fingerprint density at radius 3 is 2.32 bits per heavy atom. The van der Waals surface area contributed by atoms with Crippen LogP contribution in [0.5, 0.6) is 11.5 Å². The van der Waals surface area contributed by atoms with Crippen LogP contribution in [0.25, 0.3) is 0 Å². The minimum absolute atomic E-state index is 0.00826. The summed E-state index contributed by atoms with van der Waals surface area (Å²) in [6.07, 6.45) is 0.611. The van der Waals surface area contributed by atoms with E-state index in [9.17, 15) is 22.0 Å². The summed E-state index contributed by atoms with van der Waals surface area (Å²) >= 11 is 0. The normalized spacial score (nSPS) is 11.3. The number of primary sulfonamides is 1. The van der Waals surface area contributed by atoms with Crippen LogP contribution in [0.1, 0.15) is 17.5 Å². The number of halogens is 2. The molecule has 3 N–H and O–H groups in total. The minimum Gasteiger partial charge on any atom is -0.493 e. The van der Waals surface area contributed by atoms with Crippen LogP contribution in [0.2, 0.25) is 0 Å². The van der Waals surface area contributed by atoms with Crippen LogP contribution in [0.15, 0.2) is 47.4 Å². The standard InChI is InChI=1S/C18H20F2N2O5S/c1-26-16-10-13(4-8-15(16)27-18(19)20)11-22-17(23)9-5-12-2-6-14(7-3-12)28(21,24)25/h2-4,6-8,10,18H,5,9,11H2,1H3,(H,22,23)(H2,21,24,25). The molecule has 0 spiro atoms. The van der Waals surface area contributed by atoms with Gasteiger partial charge in [0.05, 0.1) is 12.0 Å². The molecule has 0 fully saturated rings. The van der Waals surface area contributed by atoms with Gasteiger partial charge in [0.25, 0.3) is 0 Å². The second-order valence-corrected chi connectivity index (χ2v) is 7.39. The zero-order chi connectivity index (χ0) is 20.7. The molecule has 0 saturated heterocycles. The third-order valence-corrected chi connectivity index (χ3v) is 4.76. The predicted octanol–water partition coefficient (Wildman–Crippen LogP) is 2.19. The van der Waals surface area contributed by atoms with E-state index in [1.165, 1.54) is 31.4 Å². The van der Waals surface area contributed by atoms with Crippen molar-refractivity contribution >= 4 is 15.9 Å². The van der Waals surface area contributed by atoms with E-state index in [2.05, 4.69) is 10.1 Å². The third kappa shape index (κ3) is 6.46. The number of alkyl halides is 2. The minimum atomic E-state index is -3.75. The van der Waals surface area contributed by atoms with Crippen molar-refractivity contribution in [1.82, 2.24) is 5.32 Å². The van der Waals surface area contributed by atoms with Gasteiger partial charge in [-0.1, -0.05) is 18.2 Å². The van der Waals surface area contributed by atoms with E-state index in [0.717, 1.165) is 5.56 Å². The lowest BCUT2D eigenvalue weighted by molar-refractivity contribution is -0.121. The number of hydrogen-bond donors (Lipinski definition) is 2. The van der Waals surface area contributed by atoms with Crippen LogP contribution in [-0.2, 0) is 27.8 Å². The predicted molar refractivity (Wildman–Crippen MR) is 97.6 cm³/mol. The molecule has 28 heavy (non-hydrogen) atoms. The van der Waals surface area contributed by atoms with Crippen molar-refractivity contribution < 1.29 is 31.5 Å². The zero-order valence-electron chi connectivity index (χ0n) is 15.0. The summed E-state index contributed by atoms with van der Waals surface area (Å²) in [5.41, 5.74) is 1.45. The Morgan fingerprint density at radius 1 is 1.11 bits per heavy atom. The summed E-state index contributed by atoms with van der Waals surface area (Å²) in [4.78, 5) is 12.0. The monoisotopic (exact) mass is 414 g/mol. The van der Waals surface area contributed by atoms with Gasteiger partial charge in [-0.2, -0.15) is 8.78 Å². The van der Waals surface area contributed by atoms with Crippen molar-refractivity contribution in [3.05, 3.63) is 53.6 Å². The van der Waals surface area contributed by atoms with E-state index in [-0.39, 0.29) is 35.3 Å². The first-order chi connectivity index (χ1) is 13.2. The van der Waals surface area contributed by atoms with E-state index < -0.39 is 16.6 Å². The number of sulfonamides is 1. The Morgan fingerprint density at radius 2 is 1.75 bits per heavy atom. The molecule has 0 atom stereocenters. The molecule has 2 aromatic carbocycles. The summed E-state index contributed by atoms with van der Waals surface area (Å²) in [5.74, 6) is -0.167. The molecule has 0 heterocycles. The van der Waals surface area contributed by atoms with Gasteiger partial charge in [0.15, 0.2) is 11.5 Å². The zero-order valence-corrected chi connectivity index (χ0v) is 15.8. The van der Waals surface area contributed by atoms with Gasteiger partial charge in [-0.3, -0.25) is 4.79 Å². The van der Waals surface area contributed by atoms with Gasteiger partial charge >= 0.3 is 6.61 Å². The molecule has 0 aliphatic carbocycles. The van der Waals surface area contributed by atoms with Crippen molar-refractivity contribution in [2.75, 3.05) is 7.11 Å². The van der Waals surface area contributed by atoms with Crippen LogP contribution < -0.4 is 19.9 Å². The quantitative estimate of drug-likeness (QED) is 0.654. The topological polar surface area (TPSA) is 108 Å². The number of ether oxygens (including phenoxy) is 2. The SMILES string of the molecule is COc1cc(CNC(=O)CCc2ccc(S(N)(=O)=O)cc2)ccc1OC(F)F. The number of rotatable bonds is 9. The Bertz CT molecular complexity index is 918. The molecule has 10 heteroatoms. The maximum atomic E-state index is 12.3. The summed E-state index contributed by atoms with van der Waals surface area (Å²) in [6.45, 7) is -2.77. The highest BCUT2D eigenvalue weighted by molar-refractivity contribution is 7.89. The molecule has 0 unspecified atom stereocenters. The van der Waals surface area contributed by atoms with Crippen LogP contribution in [0, 0.1) is 0 Å². The smallest absolute Gasteiger partial charge is 0.387 e. The van der Waals surface area contributed by atoms with E-state index in [1.54, 1.807) is 18.2 Å². The van der Waals surface area contributed by atoms with E-state index in [0.29, 0.717) is 12.0 Å². The molecule has 0 saturated carbocycles. The molecular formula is C18H20F2N2O5S. The molecule has 0 aromatic heterocycles. The Kier molecular flexibility index (Phi) is 7.30. The van der Waals surface area contributed by atoms with Crippen LogP contribution in [-0.4, -0.2) is 28.0 Å². The van der Waals surface area contributed by atoms with E-state index in [1.807, 2.05) is 0 Å². The lowest BCUT2D eigenvalue weighted by atomic mass is 10.1. The highest BCUT2D eigenvalue weighted by Gasteiger charge is 2.12. The van der Waals surface area contributed by atoms with Gasteiger partial charge in [-0.25, -0.2) is 13.6 Å². The number of hydrogen-bond acceptors (Lipinski definition) is 5. The number of carbonyl (C=O) groups is 1. The molecule has 0 aliphatic heterocycles. The van der Waals surface area contributed by atoms with Crippen LogP contribution in [0.3, 0.4) is 0 Å². The first-order valence-electron chi connectivity index (χ1n) is 8.19. The number of methoxy groups -OCH3 is 1. The van der Waals surface area contributed by atoms with Crippen LogP contribution in [0.4, 0.5) is 8.78 Å². The summed E-state index contributed by atoms with van der Waals surface area (Å²) < 4.78 is 56.4. The molecule has 152 valence electrons. The molecule has 0 radical (unpaired) electrons. The van der Waals surface area contributed by atoms with Crippen molar-refractivity contribution in [2.24, 2.45) is 5.14 Å². The van der Waals surface area contributed by atoms with Crippen molar-refractivity contribution in [3.63, 3.8) is 0 Å². The fourth-order valence-electron chi connectivity index (χ4n) is 2.41. The first-order valence-corrected chi connectivity index (χ1v) is 9.74. The maximum absolute atomic E-state index is 12.3.